The highest BCUT2D eigenvalue weighted by Gasteiger charge is 2.40. The van der Waals surface area contributed by atoms with Gasteiger partial charge >= 0.3 is 0 Å². The van der Waals surface area contributed by atoms with E-state index in [0.717, 1.165) is 34.4 Å². The summed E-state index contributed by atoms with van der Waals surface area (Å²) in [7, 11) is 0. The molecule has 0 spiro atoms. The predicted octanol–water partition coefficient (Wildman–Crippen LogP) is 7.46. The van der Waals surface area contributed by atoms with Gasteiger partial charge in [0, 0.05) is 23.2 Å². The molecule has 2 nitrogen and oxygen atoms in total. The maximum atomic E-state index is 13.4. The van der Waals surface area contributed by atoms with Crippen LogP contribution in [0, 0.1) is 5.41 Å². The van der Waals surface area contributed by atoms with Gasteiger partial charge in [0.05, 0.1) is 16.1 Å². The summed E-state index contributed by atoms with van der Waals surface area (Å²) in [5, 5.41) is 7.01. The molecule has 4 heteroatoms. The zero-order valence-corrected chi connectivity index (χ0v) is 17.9. The van der Waals surface area contributed by atoms with Gasteiger partial charge in [0.2, 0.25) is 0 Å². The minimum absolute atomic E-state index is 0.0658. The molecule has 1 aliphatic carbocycles. The summed E-state index contributed by atoms with van der Waals surface area (Å²) in [6.45, 7) is 4.35. The fourth-order valence-corrected chi connectivity index (χ4v) is 5.09. The van der Waals surface area contributed by atoms with Gasteiger partial charge in [0.15, 0.2) is 5.78 Å². The molecule has 1 atom stereocenters. The van der Waals surface area contributed by atoms with Crippen molar-refractivity contribution >= 4 is 51.0 Å². The average molecular weight is 422 g/mol. The van der Waals surface area contributed by atoms with Gasteiger partial charge in [0.25, 0.3) is 0 Å². The number of benzene rings is 3. The van der Waals surface area contributed by atoms with Crippen molar-refractivity contribution in [3.05, 3.63) is 81.3 Å². The Labute approximate surface area is 180 Å². The summed E-state index contributed by atoms with van der Waals surface area (Å²) in [5.41, 5.74) is 5.14. The molecule has 5 rings (SSSR count). The van der Waals surface area contributed by atoms with Crippen LogP contribution in [0.25, 0.3) is 16.3 Å². The number of nitrogens with one attached hydrogen (secondary N) is 1. The summed E-state index contributed by atoms with van der Waals surface area (Å²) in [6.07, 6.45) is 1.42. The van der Waals surface area contributed by atoms with E-state index in [1.165, 1.54) is 10.8 Å². The fraction of sp³-hybridized carbons (Fsp3) is 0.240. The first-order chi connectivity index (χ1) is 13.8. The normalized spacial score (nSPS) is 20.3. The van der Waals surface area contributed by atoms with E-state index in [1.54, 1.807) is 6.07 Å². The Kier molecular flexibility index (Phi) is 4.27. The number of fused-ring (bicyclic) bond motifs is 4. The Morgan fingerprint density at radius 2 is 1.76 bits per heavy atom. The van der Waals surface area contributed by atoms with Gasteiger partial charge < -0.3 is 5.32 Å². The first-order valence-corrected chi connectivity index (χ1v) is 10.6. The van der Waals surface area contributed by atoms with Crippen molar-refractivity contribution in [2.45, 2.75) is 32.7 Å². The third kappa shape index (κ3) is 3.06. The van der Waals surface area contributed by atoms with Crippen LogP contribution in [-0.4, -0.2) is 5.78 Å². The summed E-state index contributed by atoms with van der Waals surface area (Å²) in [5.74, 6) is 0.207. The molecule has 1 heterocycles. The van der Waals surface area contributed by atoms with Crippen molar-refractivity contribution in [3.8, 4) is 0 Å². The summed E-state index contributed by atoms with van der Waals surface area (Å²) < 4.78 is 0. The van der Waals surface area contributed by atoms with Crippen LogP contribution >= 0.6 is 23.2 Å². The average Bonchev–Trinajstić information content (AvgIpc) is 2.68. The third-order valence-electron chi connectivity index (χ3n) is 6.02. The SMILES string of the molecule is CC1(C)CC(=O)C2=C(C1)c1c(ccc3ccccc13)N[C@H]2c1ccc(Cl)c(Cl)c1. The first kappa shape index (κ1) is 18.7. The second-order valence-corrected chi connectivity index (χ2v) is 9.61. The Bertz CT molecular complexity index is 1210. The van der Waals surface area contributed by atoms with Crippen LogP contribution in [-0.2, 0) is 4.79 Å². The molecule has 29 heavy (non-hydrogen) atoms. The van der Waals surface area contributed by atoms with E-state index in [0.29, 0.717) is 16.5 Å². The zero-order chi connectivity index (χ0) is 20.3. The summed E-state index contributed by atoms with van der Waals surface area (Å²) in [6, 6.07) is 18.0. The molecule has 0 unspecified atom stereocenters. The maximum absolute atomic E-state index is 13.4. The second kappa shape index (κ2) is 6.62. The van der Waals surface area contributed by atoms with Gasteiger partial charge in [0.1, 0.15) is 0 Å². The number of Topliss-reactive ketones (excluding diaryl/α,β-unsaturated/α-hetero) is 1. The molecular weight excluding hydrogens is 401 g/mol. The van der Waals surface area contributed by atoms with Crippen LogP contribution in [0.15, 0.2) is 60.2 Å². The Morgan fingerprint density at radius 1 is 0.966 bits per heavy atom. The summed E-state index contributed by atoms with van der Waals surface area (Å²) in [4.78, 5) is 13.4. The van der Waals surface area contributed by atoms with Gasteiger partial charge in [-0.1, -0.05) is 73.4 Å². The van der Waals surface area contributed by atoms with E-state index in [-0.39, 0.29) is 17.2 Å². The molecule has 3 aromatic rings. The smallest absolute Gasteiger partial charge is 0.162 e. The third-order valence-corrected chi connectivity index (χ3v) is 6.76. The number of ketones is 1. The van der Waals surface area contributed by atoms with E-state index in [2.05, 4.69) is 55.6 Å². The van der Waals surface area contributed by atoms with Crippen LogP contribution in [0.4, 0.5) is 5.69 Å². The van der Waals surface area contributed by atoms with Crippen LogP contribution in [0.5, 0.6) is 0 Å². The second-order valence-electron chi connectivity index (χ2n) is 8.79. The van der Waals surface area contributed by atoms with Gasteiger partial charge in [-0.2, -0.15) is 0 Å². The number of rotatable bonds is 1. The van der Waals surface area contributed by atoms with Crippen molar-refractivity contribution in [1.29, 1.82) is 0 Å². The van der Waals surface area contributed by atoms with Gasteiger partial charge in [-0.05, 0) is 51.9 Å². The lowest BCUT2D eigenvalue weighted by Gasteiger charge is -2.40. The molecule has 0 amide bonds. The topological polar surface area (TPSA) is 29.1 Å². The molecule has 1 aliphatic heterocycles. The highest BCUT2D eigenvalue weighted by atomic mass is 35.5. The van der Waals surface area contributed by atoms with Crippen LogP contribution in [0.1, 0.15) is 43.9 Å². The number of carbonyl (C=O) groups is 1. The van der Waals surface area contributed by atoms with Crippen molar-refractivity contribution in [2.75, 3.05) is 5.32 Å². The maximum Gasteiger partial charge on any atom is 0.162 e. The van der Waals surface area contributed by atoms with Gasteiger partial charge in [-0.15, -0.1) is 0 Å². The van der Waals surface area contributed by atoms with E-state index in [1.807, 2.05) is 12.1 Å². The molecular formula is C25H21Cl2NO. The number of allylic oxidation sites excluding steroid dienone is 1. The highest BCUT2D eigenvalue weighted by Crippen LogP contribution is 2.52. The van der Waals surface area contributed by atoms with E-state index in [9.17, 15) is 4.79 Å². The van der Waals surface area contributed by atoms with E-state index >= 15 is 0 Å². The highest BCUT2D eigenvalue weighted by molar-refractivity contribution is 6.42. The standard InChI is InChI=1S/C25H21Cl2NO/c1-25(2)12-17-22-16-6-4-3-5-14(16)8-10-20(22)28-24(23(17)21(29)13-25)15-7-9-18(26)19(27)11-15/h3-11,24,28H,12-13H2,1-2H3/t24-/m0/s1. The molecule has 0 bridgehead atoms. The summed E-state index contributed by atoms with van der Waals surface area (Å²) >= 11 is 12.4. The Hall–Kier alpha value is -2.29. The minimum atomic E-state index is -0.225. The predicted molar refractivity (Wildman–Crippen MR) is 122 cm³/mol. The van der Waals surface area contributed by atoms with Crippen LogP contribution < -0.4 is 5.32 Å². The molecule has 0 radical (unpaired) electrons. The first-order valence-electron chi connectivity index (χ1n) is 9.84. The van der Waals surface area contributed by atoms with E-state index < -0.39 is 0 Å². The Morgan fingerprint density at radius 3 is 2.55 bits per heavy atom. The molecule has 2 aliphatic rings. The van der Waals surface area contributed by atoms with Crippen molar-refractivity contribution in [2.24, 2.45) is 5.41 Å². The molecule has 146 valence electrons. The minimum Gasteiger partial charge on any atom is -0.373 e. The van der Waals surface area contributed by atoms with Crippen LogP contribution in [0.3, 0.4) is 0 Å². The van der Waals surface area contributed by atoms with Crippen molar-refractivity contribution in [3.63, 3.8) is 0 Å². The number of hydrogen-bond acceptors (Lipinski definition) is 2. The number of anilines is 1. The lowest BCUT2D eigenvalue weighted by molar-refractivity contribution is -0.118. The molecule has 0 fully saturated rings. The monoisotopic (exact) mass is 421 g/mol. The van der Waals surface area contributed by atoms with Crippen molar-refractivity contribution < 1.29 is 4.79 Å². The fourth-order valence-electron chi connectivity index (χ4n) is 4.78. The lowest BCUT2D eigenvalue weighted by Crippen LogP contribution is -2.33. The van der Waals surface area contributed by atoms with E-state index in [4.69, 9.17) is 23.2 Å². The Balaban J connectivity index is 1.80. The zero-order valence-electron chi connectivity index (χ0n) is 16.4. The molecule has 1 N–H and O–H groups in total. The van der Waals surface area contributed by atoms with Crippen LogP contribution in [0.2, 0.25) is 10.0 Å². The molecule has 0 saturated heterocycles. The van der Waals surface area contributed by atoms with Gasteiger partial charge in [-0.25, -0.2) is 0 Å². The number of halogens is 2. The van der Waals surface area contributed by atoms with Gasteiger partial charge in [-0.3, -0.25) is 4.79 Å². The lowest BCUT2D eigenvalue weighted by atomic mass is 9.68. The molecule has 0 aromatic heterocycles. The number of carbonyl (C=O) groups excluding carboxylic acids is 1. The largest absolute Gasteiger partial charge is 0.373 e. The molecule has 0 saturated carbocycles. The van der Waals surface area contributed by atoms with Crippen molar-refractivity contribution in [1.82, 2.24) is 0 Å². The molecule has 3 aromatic carbocycles. The number of hydrogen-bond donors (Lipinski definition) is 1. The quantitative estimate of drug-likeness (QED) is 0.441.